The van der Waals surface area contributed by atoms with Crippen LogP contribution in [0.25, 0.3) is 33.7 Å². The number of benzene rings is 1. The van der Waals surface area contributed by atoms with Gasteiger partial charge in [0.25, 0.3) is 5.89 Å². The Bertz CT molecular complexity index is 1540. The molecule has 9 nitrogen and oxygen atoms in total. The highest BCUT2D eigenvalue weighted by Crippen LogP contribution is 2.30. The summed E-state index contributed by atoms with van der Waals surface area (Å²) in [6, 6.07) is 6.79. The zero-order valence-electron chi connectivity index (χ0n) is 19.8. The molecule has 0 saturated heterocycles. The van der Waals surface area contributed by atoms with Gasteiger partial charge in [0, 0.05) is 36.8 Å². The number of Topliss-reactive ketones (excluding diaryl/α,β-unsaturated/α-hetero) is 1. The number of halogens is 1. The van der Waals surface area contributed by atoms with E-state index in [1.165, 1.54) is 6.07 Å². The Morgan fingerprint density at radius 1 is 1.17 bits per heavy atom. The quantitative estimate of drug-likeness (QED) is 0.357. The molecular weight excluding hydrogens is 449 g/mol. The van der Waals surface area contributed by atoms with Crippen LogP contribution in [0, 0.1) is 5.82 Å². The molecule has 0 unspecified atom stereocenters. The molecule has 0 radical (unpaired) electrons. The highest BCUT2D eigenvalue weighted by Gasteiger charge is 2.24. The zero-order valence-corrected chi connectivity index (χ0v) is 19.8. The van der Waals surface area contributed by atoms with E-state index in [2.05, 4.69) is 30.2 Å². The summed E-state index contributed by atoms with van der Waals surface area (Å²) in [5.41, 5.74) is 3.64. The van der Waals surface area contributed by atoms with Gasteiger partial charge in [-0.3, -0.25) is 9.48 Å². The van der Waals surface area contributed by atoms with Crippen molar-refractivity contribution < 1.29 is 13.7 Å². The lowest BCUT2D eigenvalue weighted by atomic mass is 9.96. The zero-order chi connectivity index (χ0) is 24.7. The summed E-state index contributed by atoms with van der Waals surface area (Å²) in [5, 5.41) is 8.05. The molecule has 0 atom stereocenters. The number of carbonyl (C=O) groups excluding carboxylic acids is 1. The first-order valence-electron chi connectivity index (χ1n) is 11.2. The molecule has 0 aliphatic carbocycles. The monoisotopic (exact) mass is 473 g/mol. The Labute approximate surface area is 200 Å². The predicted octanol–water partition coefficient (Wildman–Crippen LogP) is 4.66. The van der Waals surface area contributed by atoms with Gasteiger partial charge in [-0.05, 0) is 29.7 Å². The fourth-order valence-electron chi connectivity index (χ4n) is 3.75. The molecule has 0 saturated carbocycles. The van der Waals surface area contributed by atoms with Crippen molar-refractivity contribution in [2.45, 2.75) is 39.0 Å². The first kappa shape index (κ1) is 22.6. The summed E-state index contributed by atoms with van der Waals surface area (Å²) < 4.78 is 21.8. The molecule has 178 valence electrons. The second-order valence-corrected chi connectivity index (χ2v) is 9.45. The van der Waals surface area contributed by atoms with Crippen LogP contribution in [0.1, 0.15) is 49.3 Å². The normalized spacial score (nSPS) is 11.9. The number of carbonyl (C=O) groups is 1. The predicted molar refractivity (Wildman–Crippen MR) is 127 cm³/mol. The van der Waals surface area contributed by atoms with Crippen molar-refractivity contribution in [3.05, 3.63) is 66.0 Å². The van der Waals surface area contributed by atoms with E-state index in [1.54, 1.807) is 23.1 Å². The second-order valence-electron chi connectivity index (χ2n) is 9.45. The number of fused-ring (bicyclic) bond motifs is 1. The van der Waals surface area contributed by atoms with Gasteiger partial charge in [-0.15, -0.1) is 0 Å². The lowest BCUT2D eigenvalue weighted by molar-refractivity contribution is 0.0940. The summed E-state index contributed by atoms with van der Waals surface area (Å²) in [7, 11) is 1.83. The van der Waals surface area contributed by atoms with Gasteiger partial charge in [0.05, 0.1) is 17.3 Å². The van der Waals surface area contributed by atoms with Gasteiger partial charge in [0.2, 0.25) is 5.78 Å². The average Bonchev–Trinajstić information content (AvgIpc) is 3.56. The number of aromatic nitrogens is 7. The van der Waals surface area contributed by atoms with Crippen LogP contribution in [-0.2, 0) is 18.9 Å². The maximum absolute atomic E-state index is 15.0. The number of aromatic amines is 1. The van der Waals surface area contributed by atoms with Gasteiger partial charge in [-0.25, -0.2) is 14.4 Å². The van der Waals surface area contributed by atoms with Crippen molar-refractivity contribution in [3.63, 3.8) is 0 Å². The Morgan fingerprint density at radius 3 is 2.69 bits per heavy atom. The van der Waals surface area contributed by atoms with Crippen molar-refractivity contribution in [1.29, 1.82) is 0 Å². The van der Waals surface area contributed by atoms with Gasteiger partial charge in [-0.2, -0.15) is 10.1 Å². The molecule has 0 spiro atoms. The standard InChI is InChI=1S/C25H24FN7O2/c1-25(2,3)24-31-23(35-32-24)19(34)8-7-14-5-6-15(11-18(14)26)17-9-10-27-22-20(17)29-21(30-22)16-12-28-33(4)13-16/h5-6,9-13H,7-8H2,1-4H3,(H,27,29,30). The molecule has 1 aromatic carbocycles. The third kappa shape index (κ3) is 4.46. The van der Waals surface area contributed by atoms with Crippen LogP contribution in [0.5, 0.6) is 0 Å². The van der Waals surface area contributed by atoms with E-state index in [0.29, 0.717) is 33.9 Å². The lowest BCUT2D eigenvalue weighted by Gasteiger charge is -2.10. The maximum atomic E-state index is 15.0. The summed E-state index contributed by atoms with van der Waals surface area (Å²) in [6.07, 6.45) is 5.50. The van der Waals surface area contributed by atoms with Crippen molar-refractivity contribution in [2.24, 2.45) is 7.05 Å². The van der Waals surface area contributed by atoms with Crippen LogP contribution in [0.15, 0.2) is 47.4 Å². The molecule has 0 fully saturated rings. The molecule has 0 aliphatic heterocycles. The molecule has 5 rings (SSSR count). The Morgan fingerprint density at radius 2 is 2.00 bits per heavy atom. The average molecular weight is 474 g/mol. The fourth-order valence-corrected chi connectivity index (χ4v) is 3.75. The molecule has 35 heavy (non-hydrogen) atoms. The molecule has 5 aromatic rings. The fraction of sp³-hybridized carbons (Fsp3) is 0.280. The SMILES string of the molecule is Cn1cc(-c2nc3nccc(-c4ccc(CCC(=O)c5nc(C(C)(C)C)no5)c(F)c4)c3[nH]2)cn1. The number of rotatable bonds is 6. The summed E-state index contributed by atoms with van der Waals surface area (Å²) in [6.45, 7) is 5.80. The Hall–Kier alpha value is -4.21. The Kier molecular flexibility index (Phi) is 5.50. The number of aryl methyl sites for hydroxylation is 2. The van der Waals surface area contributed by atoms with Gasteiger partial charge in [0.15, 0.2) is 11.5 Å². The van der Waals surface area contributed by atoms with E-state index in [1.807, 2.05) is 46.1 Å². The highest BCUT2D eigenvalue weighted by atomic mass is 19.1. The topological polar surface area (TPSA) is 115 Å². The number of hydrogen-bond donors (Lipinski definition) is 1. The van der Waals surface area contributed by atoms with Crippen LogP contribution < -0.4 is 0 Å². The summed E-state index contributed by atoms with van der Waals surface area (Å²) in [4.78, 5) is 28.8. The molecule has 1 N–H and O–H groups in total. The van der Waals surface area contributed by atoms with Gasteiger partial charge >= 0.3 is 0 Å². The number of hydrogen-bond acceptors (Lipinski definition) is 7. The second kappa shape index (κ2) is 8.53. The largest absolute Gasteiger partial charge is 0.336 e. The van der Waals surface area contributed by atoms with E-state index in [9.17, 15) is 4.79 Å². The van der Waals surface area contributed by atoms with E-state index in [4.69, 9.17) is 4.52 Å². The van der Waals surface area contributed by atoms with Crippen LogP contribution >= 0.6 is 0 Å². The number of nitrogens with one attached hydrogen (secondary N) is 1. The van der Waals surface area contributed by atoms with Crippen molar-refractivity contribution in [3.8, 4) is 22.5 Å². The van der Waals surface area contributed by atoms with Crippen LogP contribution in [0.4, 0.5) is 4.39 Å². The molecule has 0 aliphatic rings. The molecule has 10 heteroatoms. The minimum Gasteiger partial charge on any atom is -0.336 e. The molecule has 0 bridgehead atoms. The molecule has 4 heterocycles. The number of nitrogens with zero attached hydrogens (tertiary/aromatic N) is 6. The Balaban J connectivity index is 1.36. The van der Waals surface area contributed by atoms with Gasteiger partial charge < -0.3 is 9.51 Å². The smallest absolute Gasteiger partial charge is 0.294 e. The molecule has 0 amide bonds. The van der Waals surface area contributed by atoms with Gasteiger partial charge in [0.1, 0.15) is 11.6 Å². The molecule has 4 aromatic heterocycles. The number of H-pyrrole nitrogens is 1. The maximum Gasteiger partial charge on any atom is 0.294 e. The van der Waals surface area contributed by atoms with Crippen molar-refractivity contribution in [1.82, 2.24) is 34.9 Å². The summed E-state index contributed by atoms with van der Waals surface area (Å²) in [5.74, 6) is 0.348. The van der Waals surface area contributed by atoms with E-state index < -0.39 is 5.82 Å². The van der Waals surface area contributed by atoms with E-state index in [-0.39, 0.29) is 29.9 Å². The highest BCUT2D eigenvalue weighted by molar-refractivity contribution is 5.92. The first-order chi connectivity index (χ1) is 16.7. The first-order valence-corrected chi connectivity index (χ1v) is 11.2. The van der Waals surface area contributed by atoms with Gasteiger partial charge in [-0.1, -0.05) is 38.1 Å². The number of imidazole rings is 1. The van der Waals surface area contributed by atoms with Crippen molar-refractivity contribution >= 4 is 16.9 Å². The third-order valence-electron chi connectivity index (χ3n) is 5.69. The van der Waals surface area contributed by atoms with Crippen LogP contribution in [-0.4, -0.2) is 40.7 Å². The third-order valence-corrected chi connectivity index (χ3v) is 5.69. The minimum atomic E-state index is -0.395. The van der Waals surface area contributed by atoms with Crippen molar-refractivity contribution in [2.75, 3.05) is 0 Å². The molecular formula is C25H24FN7O2. The van der Waals surface area contributed by atoms with E-state index >= 15 is 4.39 Å². The lowest BCUT2D eigenvalue weighted by Crippen LogP contribution is -2.13. The van der Waals surface area contributed by atoms with Crippen LogP contribution in [0.2, 0.25) is 0 Å². The number of ketones is 1. The summed E-state index contributed by atoms with van der Waals surface area (Å²) >= 11 is 0. The van der Waals surface area contributed by atoms with E-state index in [0.717, 1.165) is 11.1 Å². The number of pyridine rings is 1. The minimum absolute atomic E-state index is 0.0465. The van der Waals surface area contributed by atoms with Crippen LogP contribution in [0.3, 0.4) is 0 Å².